The first kappa shape index (κ1) is 32.5. The average molecular weight is 671 g/mol. The molecule has 1 N–H and O–H groups in total. The molecule has 1 aliphatic carbocycles. The molecule has 10 heteroatoms. The number of rotatable bonds is 9. The minimum absolute atomic E-state index is 0.0181. The molecule has 2 aromatic carbocycles. The molecule has 1 atom stereocenters. The Balaban J connectivity index is 1.29. The summed E-state index contributed by atoms with van der Waals surface area (Å²) in [7, 11) is 2.18. The third-order valence-electron chi connectivity index (χ3n) is 11.8. The summed E-state index contributed by atoms with van der Waals surface area (Å²) in [5.41, 5.74) is 5.89. The first-order valence-corrected chi connectivity index (χ1v) is 18.1. The van der Waals surface area contributed by atoms with Gasteiger partial charge >= 0.3 is 0 Å². The lowest BCUT2D eigenvalue weighted by Gasteiger charge is -2.54. The fraction of sp³-hybridized carbons (Fsp3) is 0.475. The van der Waals surface area contributed by atoms with Gasteiger partial charge in [-0.25, -0.2) is 9.97 Å². The number of aryl methyl sites for hydroxylation is 1. The molecule has 10 nitrogen and oxygen atoms in total. The minimum Gasteiger partial charge on any atom is -0.489 e. The van der Waals surface area contributed by atoms with Crippen LogP contribution in [0.2, 0.25) is 0 Å². The molecule has 8 rings (SSSR count). The number of anilines is 1. The van der Waals surface area contributed by atoms with Gasteiger partial charge < -0.3 is 19.4 Å². The number of H-pyrrole nitrogens is 1. The van der Waals surface area contributed by atoms with E-state index in [4.69, 9.17) is 14.7 Å². The second kappa shape index (κ2) is 12.9. The lowest BCUT2D eigenvalue weighted by atomic mass is 9.72. The van der Waals surface area contributed by atoms with E-state index in [9.17, 15) is 10.1 Å². The summed E-state index contributed by atoms with van der Waals surface area (Å²) in [5, 5.41) is 19.6. The van der Waals surface area contributed by atoms with Gasteiger partial charge in [-0.05, 0) is 106 Å². The van der Waals surface area contributed by atoms with Crippen LogP contribution in [0, 0.1) is 35.5 Å². The Morgan fingerprint density at radius 3 is 2.54 bits per heavy atom. The molecule has 3 aliphatic heterocycles. The van der Waals surface area contributed by atoms with Gasteiger partial charge in [-0.3, -0.25) is 9.89 Å². The summed E-state index contributed by atoms with van der Waals surface area (Å²) in [6.07, 6.45) is 11.3. The number of hydrogen-bond acceptors (Lipinski definition) is 8. The second-order valence-electron chi connectivity index (χ2n) is 15.1. The molecule has 50 heavy (non-hydrogen) atoms. The summed E-state index contributed by atoms with van der Waals surface area (Å²) in [5.74, 6) is 2.95. The Bertz CT molecular complexity index is 2020. The Labute approximate surface area is 293 Å². The monoisotopic (exact) mass is 670 g/mol. The largest absolute Gasteiger partial charge is 0.489 e. The molecule has 2 aromatic heterocycles. The summed E-state index contributed by atoms with van der Waals surface area (Å²) in [6, 6.07) is 8.90. The van der Waals surface area contributed by atoms with Gasteiger partial charge in [0.1, 0.15) is 23.8 Å². The van der Waals surface area contributed by atoms with Gasteiger partial charge in [-0.15, -0.1) is 0 Å². The molecule has 5 heterocycles. The Morgan fingerprint density at radius 2 is 1.86 bits per heavy atom. The molecule has 0 bridgehead atoms. The van der Waals surface area contributed by atoms with Gasteiger partial charge in [0.05, 0.1) is 23.7 Å². The van der Waals surface area contributed by atoms with Gasteiger partial charge in [-0.1, -0.05) is 25.3 Å². The van der Waals surface area contributed by atoms with Gasteiger partial charge in [0.15, 0.2) is 5.75 Å². The van der Waals surface area contributed by atoms with Crippen molar-refractivity contribution in [3.63, 3.8) is 0 Å². The zero-order valence-corrected chi connectivity index (χ0v) is 29.2. The van der Waals surface area contributed by atoms with Crippen LogP contribution in [0.25, 0.3) is 39.0 Å². The maximum atomic E-state index is 12.3. The van der Waals surface area contributed by atoms with Gasteiger partial charge in [0.25, 0.3) is 0 Å². The minimum atomic E-state index is -0.181. The van der Waals surface area contributed by atoms with Gasteiger partial charge in [0.2, 0.25) is 5.91 Å². The van der Waals surface area contributed by atoms with Crippen molar-refractivity contribution >= 4 is 39.6 Å². The maximum Gasteiger partial charge on any atom is 0.245 e. The van der Waals surface area contributed by atoms with E-state index in [-0.39, 0.29) is 23.2 Å². The summed E-state index contributed by atoms with van der Waals surface area (Å²) >= 11 is 0. The van der Waals surface area contributed by atoms with E-state index < -0.39 is 0 Å². The van der Waals surface area contributed by atoms with Gasteiger partial charge in [0, 0.05) is 53.8 Å². The number of nitrogens with zero attached hydrogens (tertiary/aromatic N) is 7. The molecule has 4 aliphatic rings. The number of hydrogen-bond donors (Lipinski definition) is 1. The quantitative estimate of drug-likeness (QED) is 0.202. The highest BCUT2D eigenvalue weighted by molar-refractivity contribution is 6.07. The number of benzene rings is 2. The number of piperidine rings is 2. The topological polar surface area (TPSA) is 114 Å². The zero-order valence-electron chi connectivity index (χ0n) is 29.2. The van der Waals surface area contributed by atoms with Crippen LogP contribution in [0.1, 0.15) is 61.4 Å². The Hall–Kier alpha value is -4.75. The first-order chi connectivity index (χ1) is 24.3. The SMILES string of the molecule is C=CC(=O)N1CC2(CCN(c3nc(C4CCN(C)CC4)nc4c(OCC(C#N)C5CC5)c(-c5c(C)ccc6[nH]ncc56)c(C=C)cc34)CC2)C1. The fourth-order valence-electron chi connectivity index (χ4n) is 8.47. The Kier molecular flexibility index (Phi) is 8.34. The van der Waals surface area contributed by atoms with Crippen LogP contribution in [-0.2, 0) is 4.79 Å². The maximum absolute atomic E-state index is 12.3. The van der Waals surface area contributed by atoms with Crippen LogP contribution in [0.4, 0.5) is 5.82 Å². The van der Waals surface area contributed by atoms with Crippen molar-refractivity contribution in [2.45, 2.75) is 51.4 Å². The number of amides is 1. The highest BCUT2D eigenvalue weighted by Gasteiger charge is 2.46. The van der Waals surface area contributed by atoms with Crippen LogP contribution in [-0.4, -0.2) is 88.8 Å². The van der Waals surface area contributed by atoms with E-state index in [1.54, 1.807) is 0 Å². The molecule has 1 amide bonds. The normalized spacial score (nSPS) is 20.1. The predicted molar refractivity (Wildman–Crippen MR) is 197 cm³/mol. The smallest absolute Gasteiger partial charge is 0.245 e. The standard InChI is InChI=1S/C40H46N8O2/c1-5-26-19-30-36(37(50-22-29(20-41)27-8-9-27)35(26)34-25(3)7-10-32-31(34)21-42-45-32)43-38(28-11-15-46(4)16-12-28)44-39(30)47-17-13-40(14-18-47)23-48(24-40)33(49)6-2/h5-7,10,19,21,27-29H,1-2,8-9,11-18,22-24H2,3-4H3,(H,42,45). The summed E-state index contributed by atoms with van der Waals surface area (Å²) in [6.45, 7) is 15.7. The molecule has 1 unspecified atom stereocenters. The van der Waals surface area contributed by atoms with Crippen molar-refractivity contribution in [1.82, 2.24) is 30.0 Å². The van der Waals surface area contributed by atoms with Crippen molar-refractivity contribution in [3.8, 4) is 22.9 Å². The summed E-state index contributed by atoms with van der Waals surface area (Å²) < 4.78 is 6.92. The van der Waals surface area contributed by atoms with E-state index in [1.165, 1.54) is 6.08 Å². The van der Waals surface area contributed by atoms with E-state index in [0.717, 1.165) is 133 Å². The molecular formula is C40H46N8O2. The molecular weight excluding hydrogens is 624 g/mol. The van der Waals surface area contributed by atoms with E-state index in [2.05, 4.69) is 71.4 Å². The lowest BCUT2D eigenvalue weighted by Crippen LogP contribution is -2.61. The third kappa shape index (κ3) is 5.71. The molecule has 1 spiro atoms. The van der Waals surface area contributed by atoms with Crippen LogP contribution in [0.5, 0.6) is 5.75 Å². The number of nitriles is 1. The molecule has 4 fully saturated rings. The number of nitrogens with one attached hydrogen (secondary N) is 1. The highest BCUT2D eigenvalue weighted by atomic mass is 16.5. The average Bonchev–Trinajstić information content (AvgIpc) is 3.86. The zero-order chi connectivity index (χ0) is 34.6. The van der Waals surface area contributed by atoms with Crippen LogP contribution in [0.15, 0.2) is 43.6 Å². The molecule has 4 aromatic rings. The molecule has 0 radical (unpaired) electrons. The number of aromatic amines is 1. The van der Waals surface area contributed by atoms with E-state index in [1.807, 2.05) is 17.2 Å². The number of likely N-dealkylation sites (tertiary alicyclic amines) is 2. The number of ether oxygens (including phenoxy) is 1. The predicted octanol–water partition coefficient (Wildman–Crippen LogP) is 6.48. The Morgan fingerprint density at radius 1 is 1.10 bits per heavy atom. The molecule has 1 saturated carbocycles. The highest BCUT2D eigenvalue weighted by Crippen LogP contribution is 2.48. The van der Waals surface area contributed by atoms with Crippen LogP contribution < -0.4 is 9.64 Å². The van der Waals surface area contributed by atoms with Crippen molar-refractivity contribution in [3.05, 3.63) is 60.6 Å². The van der Waals surface area contributed by atoms with Crippen LogP contribution in [0.3, 0.4) is 0 Å². The molecule has 258 valence electrons. The van der Waals surface area contributed by atoms with Crippen molar-refractivity contribution < 1.29 is 9.53 Å². The van der Waals surface area contributed by atoms with Crippen molar-refractivity contribution in [2.75, 3.05) is 57.8 Å². The number of carbonyl (C=O) groups is 1. The van der Waals surface area contributed by atoms with E-state index >= 15 is 0 Å². The summed E-state index contributed by atoms with van der Waals surface area (Å²) in [4.78, 5) is 29.8. The number of fused-ring (bicyclic) bond motifs is 2. The fourth-order valence-corrected chi connectivity index (χ4v) is 8.47. The second-order valence-corrected chi connectivity index (χ2v) is 15.1. The van der Waals surface area contributed by atoms with Crippen LogP contribution >= 0.6 is 0 Å². The lowest BCUT2D eigenvalue weighted by molar-refractivity contribution is -0.139. The van der Waals surface area contributed by atoms with Crippen molar-refractivity contribution in [2.24, 2.45) is 17.3 Å². The third-order valence-corrected chi connectivity index (χ3v) is 11.8. The van der Waals surface area contributed by atoms with Crippen molar-refractivity contribution in [1.29, 1.82) is 5.26 Å². The first-order valence-electron chi connectivity index (χ1n) is 18.1. The number of carbonyl (C=O) groups excluding carboxylic acids is 1. The molecule has 3 saturated heterocycles. The number of aromatic nitrogens is 4. The van der Waals surface area contributed by atoms with E-state index in [0.29, 0.717) is 18.3 Å². The van der Waals surface area contributed by atoms with Gasteiger partial charge in [-0.2, -0.15) is 10.4 Å².